The lowest BCUT2D eigenvalue weighted by atomic mass is 10.3. The van der Waals surface area contributed by atoms with E-state index in [0.29, 0.717) is 5.52 Å². The van der Waals surface area contributed by atoms with Crippen molar-refractivity contribution in [2.45, 2.75) is 11.8 Å². The third kappa shape index (κ3) is 2.32. The van der Waals surface area contributed by atoms with Gasteiger partial charge in [-0.3, -0.25) is 0 Å². The molecular formula is C12H11N5O2S. The van der Waals surface area contributed by atoms with Crippen molar-refractivity contribution >= 4 is 27.0 Å². The standard InChI is InChI=1S/C12H11N5O2S/c1-8-15-10-4-3-9(7-11(10)16-8)20(18,19)17-12-13-5-2-6-14-12/h2-7H,1H3,(H,15,16)(H,13,14,17). The Morgan fingerprint density at radius 2 is 1.95 bits per heavy atom. The number of H-pyrrole nitrogens is 1. The Morgan fingerprint density at radius 1 is 1.20 bits per heavy atom. The Kier molecular flexibility index (Phi) is 2.87. The molecule has 2 aromatic heterocycles. The lowest BCUT2D eigenvalue weighted by Crippen LogP contribution is -2.14. The number of sulfonamides is 1. The molecule has 1 aromatic carbocycles. The first kappa shape index (κ1) is 12.5. The summed E-state index contributed by atoms with van der Waals surface area (Å²) < 4.78 is 26.8. The number of rotatable bonds is 3. The monoisotopic (exact) mass is 289 g/mol. The van der Waals surface area contributed by atoms with Gasteiger partial charge in [0.05, 0.1) is 15.9 Å². The van der Waals surface area contributed by atoms with Gasteiger partial charge >= 0.3 is 0 Å². The first-order valence-electron chi connectivity index (χ1n) is 5.81. The minimum Gasteiger partial charge on any atom is -0.342 e. The smallest absolute Gasteiger partial charge is 0.264 e. The average molecular weight is 289 g/mol. The molecule has 0 radical (unpaired) electrons. The van der Waals surface area contributed by atoms with Crippen LogP contribution in [0.2, 0.25) is 0 Å². The van der Waals surface area contributed by atoms with E-state index in [0.717, 1.165) is 11.3 Å². The number of aromatic nitrogens is 4. The molecule has 20 heavy (non-hydrogen) atoms. The third-order valence-corrected chi connectivity index (χ3v) is 4.00. The lowest BCUT2D eigenvalue weighted by Gasteiger charge is -2.05. The molecule has 0 spiro atoms. The van der Waals surface area contributed by atoms with Crippen LogP contribution in [0, 0.1) is 6.92 Å². The van der Waals surface area contributed by atoms with Crippen LogP contribution in [0.15, 0.2) is 41.6 Å². The third-order valence-electron chi connectivity index (χ3n) is 2.67. The van der Waals surface area contributed by atoms with E-state index in [-0.39, 0.29) is 10.8 Å². The van der Waals surface area contributed by atoms with E-state index >= 15 is 0 Å². The number of fused-ring (bicyclic) bond motifs is 1. The fourth-order valence-corrected chi connectivity index (χ4v) is 2.80. The van der Waals surface area contributed by atoms with Crippen molar-refractivity contribution in [3.63, 3.8) is 0 Å². The minimum absolute atomic E-state index is 0.0355. The van der Waals surface area contributed by atoms with E-state index < -0.39 is 10.0 Å². The number of aromatic amines is 1. The maximum Gasteiger partial charge on any atom is 0.264 e. The van der Waals surface area contributed by atoms with E-state index in [9.17, 15) is 8.42 Å². The van der Waals surface area contributed by atoms with Crippen LogP contribution in [-0.4, -0.2) is 28.4 Å². The summed E-state index contributed by atoms with van der Waals surface area (Å²) in [5.74, 6) is 0.766. The molecule has 7 nitrogen and oxygen atoms in total. The Hall–Kier alpha value is -2.48. The summed E-state index contributed by atoms with van der Waals surface area (Å²) in [7, 11) is -3.72. The number of hydrogen-bond donors (Lipinski definition) is 2. The van der Waals surface area contributed by atoms with Crippen LogP contribution >= 0.6 is 0 Å². The van der Waals surface area contributed by atoms with Gasteiger partial charge in [-0.2, -0.15) is 0 Å². The highest BCUT2D eigenvalue weighted by Crippen LogP contribution is 2.18. The van der Waals surface area contributed by atoms with Crippen molar-refractivity contribution in [1.82, 2.24) is 19.9 Å². The van der Waals surface area contributed by atoms with Gasteiger partial charge in [0.25, 0.3) is 10.0 Å². The molecular weight excluding hydrogens is 278 g/mol. The van der Waals surface area contributed by atoms with Crippen molar-refractivity contribution in [3.05, 3.63) is 42.5 Å². The number of hydrogen-bond acceptors (Lipinski definition) is 5. The average Bonchev–Trinajstić information content (AvgIpc) is 2.78. The fourth-order valence-electron chi connectivity index (χ4n) is 1.81. The maximum absolute atomic E-state index is 12.2. The molecule has 0 aliphatic heterocycles. The normalized spacial score (nSPS) is 11.7. The number of benzene rings is 1. The Bertz CT molecular complexity index is 858. The summed E-state index contributed by atoms with van der Waals surface area (Å²) in [6.07, 6.45) is 2.93. The number of imidazole rings is 1. The molecule has 3 rings (SSSR count). The molecule has 8 heteroatoms. The molecule has 102 valence electrons. The van der Waals surface area contributed by atoms with Crippen molar-refractivity contribution in [1.29, 1.82) is 0 Å². The largest absolute Gasteiger partial charge is 0.342 e. The van der Waals surface area contributed by atoms with Crippen molar-refractivity contribution in [3.8, 4) is 0 Å². The van der Waals surface area contributed by atoms with Gasteiger partial charge in [-0.15, -0.1) is 0 Å². The van der Waals surface area contributed by atoms with Gasteiger partial charge in [-0.1, -0.05) is 0 Å². The summed E-state index contributed by atoms with van der Waals surface area (Å²) in [6, 6.07) is 6.28. The zero-order valence-corrected chi connectivity index (χ0v) is 11.3. The molecule has 0 unspecified atom stereocenters. The van der Waals surface area contributed by atoms with Gasteiger partial charge < -0.3 is 4.98 Å². The van der Waals surface area contributed by atoms with Crippen LogP contribution in [-0.2, 0) is 10.0 Å². The van der Waals surface area contributed by atoms with Crippen LogP contribution in [0.3, 0.4) is 0 Å². The van der Waals surface area contributed by atoms with Crippen LogP contribution < -0.4 is 4.72 Å². The summed E-state index contributed by atoms with van der Waals surface area (Å²) in [6.45, 7) is 1.81. The maximum atomic E-state index is 12.2. The SMILES string of the molecule is Cc1nc2ccc(S(=O)(=O)Nc3ncccn3)cc2[nH]1. The quantitative estimate of drug-likeness (QED) is 0.760. The summed E-state index contributed by atoms with van der Waals surface area (Å²) in [4.78, 5) is 15.0. The number of nitrogens with one attached hydrogen (secondary N) is 2. The molecule has 0 fully saturated rings. The number of aryl methyl sites for hydroxylation is 1. The topological polar surface area (TPSA) is 101 Å². The van der Waals surface area contributed by atoms with Crippen LogP contribution in [0.4, 0.5) is 5.95 Å². The van der Waals surface area contributed by atoms with E-state index in [4.69, 9.17) is 0 Å². The highest BCUT2D eigenvalue weighted by Gasteiger charge is 2.16. The minimum atomic E-state index is -3.72. The molecule has 0 atom stereocenters. The molecule has 2 heterocycles. The highest BCUT2D eigenvalue weighted by molar-refractivity contribution is 7.92. The molecule has 0 aliphatic rings. The lowest BCUT2D eigenvalue weighted by molar-refractivity contribution is 0.601. The first-order valence-corrected chi connectivity index (χ1v) is 7.29. The predicted molar refractivity (Wildman–Crippen MR) is 73.7 cm³/mol. The van der Waals surface area contributed by atoms with E-state index in [1.54, 1.807) is 12.1 Å². The Morgan fingerprint density at radius 3 is 2.70 bits per heavy atom. The molecule has 0 bridgehead atoms. The van der Waals surface area contributed by atoms with E-state index in [1.807, 2.05) is 6.92 Å². The van der Waals surface area contributed by atoms with Gasteiger partial charge in [0, 0.05) is 12.4 Å². The summed E-state index contributed by atoms with van der Waals surface area (Å²) >= 11 is 0. The van der Waals surface area contributed by atoms with Crippen molar-refractivity contribution in [2.75, 3.05) is 4.72 Å². The van der Waals surface area contributed by atoms with Gasteiger partial charge in [-0.25, -0.2) is 28.1 Å². The molecule has 0 saturated carbocycles. The molecule has 2 N–H and O–H groups in total. The Labute approximate surface area is 115 Å². The highest BCUT2D eigenvalue weighted by atomic mass is 32.2. The van der Waals surface area contributed by atoms with Gasteiger partial charge in [0.2, 0.25) is 5.95 Å². The summed E-state index contributed by atoms with van der Waals surface area (Å²) in [5.41, 5.74) is 1.39. The van der Waals surface area contributed by atoms with Crippen LogP contribution in [0.5, 0.6) is 0 Å². The van der Waals surface area contributed by atoms with Crippen LogP contribution in [0.25, 0.3) is 11.0 Å². The molecule has 0 amide bonds. The Balaban J connectivity index is 2.00. The van der Waals surface area contributed by atoms with E-state index in [1.165, 1.54) is 24.5 Å². The predicted octanol–water partition coefficient (Wildman–Crippen LogP) is 1.46. The van der Waals surface area contributed by atoms with Crippen molar-refractivity contribution < 1.29 is 8.42 Å². The van der Waals surface area contributed by atoms with Crippen molar-refractivity contribution in [2.24, 2.45) is 0 Å². The van der Waals surface area contributed by atoms with Crippen LogP contribution in [0.1, 0.15) is 5.82 Å². The van der Waals surface area contributed by atoms with E-state index in [2.05, 4.69) is 24.7 Å². The molecule has 0 aliphatic carbocycles. The molecule has 3 aromatic rings. The second-order valence-corrected chi connectivity index (χ2v) is 5.86. The van der Waals surface area contributed by atoms with Gasteiger partial charge in [0.1, 0.15) is 5.82 Å². The fraction of sp³-hybridized carbons (Fsp3) is 0.0833. The summed E-state index contributed by atoms with van der Waals surface area (Å²) in [5, 5.41) is 0. The zero-order valence-electron chi connectivity index (χ0n) is 10.5. The zero-order chi connectivity index (χ0) is 14.2. The first-order chi connectivity index (χ1) is 9.54. The molecule has 0 saturated heterocycles. The number of anilines is 1. The number of nitrogens with zero attached hydrogens (tertiary/aromatic N) is 3. The second-order valence-electron chi connectivity index (χ2n) is 4.18. The second kappa shape index (κ2) is 4.57. The van der Waals surface area contributed by atoms with Gasteiger partial charge in [-0.05, 0) is 31.2 Å². The van der Waals surface area contributed by atoms with Gasteiger partial charge in [0.15, 0.2) is 0 Å².